The van der Waals surface area contributed by atoms with Crippen LogP contribution >= 0.6 is 0 Å². The quantitative estimate of drug-likeness (QED) is 0.403. The molecular weight excluding hydrogens is 252 g/mol. The largest absolute Gasteiger partial charge is 0.385 e. The lowest BCUT2D eigenvalue weighted by Crippen LogP contribution is -2.30. The molecule has 5 heterocycles. The third-order valence-corrected chi connectivity index (χ3v) is 3.88. The molecule has 0 unspecified atom stereocenters. The molecule has 5 heteroatoms. The molecule has 0 fully saturated rings. The fourth-order valence-corrected chi connectivity index (χ4v) is 2.97. The molecule has 0 aliphatic carbocycles. The van der Waals surface area contributed by atoms with Gasteiger partial charge in [0.05, 0.1) is 17.1 Å². The van der Waals surface area contributed by atoms with Crippen molar-refractivity contribution < 1.29 is 13.1 Å². The number of aromatic nitrogens is 4. The smallest absolute Gasteiger partial charge is 0.380 e. The molecule has 0 radical (unpaired) electrons. The SMILES string of the molecule is [2H]C([2H])([2H])n1c2cnccc2c2c1oc1[n+]2Cc2ccncc2-1. The van der Waals surface area contributed by atoms with Gasteiger partial charge in [0.25, 0.3) is 11.2 Å². The highest BCUT2D eigenvalue weighted by atomic mass is 16.4. The van der Waals surface area contributed by atoms with Crippen LogP contribution in [0.5, 0.6) is 0 Å². The predicted octanol–water partition coefficient (Wildman–Crippen LogP) is 2.03. The number of oxazole rings is 1. The van der Waals surface area contributed by atoms with Crippen molar-refractivity contribution in [3.05, 3.63) is 42.5 Å². The first kappa shape index (κ1) is 7.79. The Hall–Kier alpha value is -2.69. The van der Waals surface area contributed by atoms with Crippen LogP contribution in [0.2, 0.25) is 0 Å². The highest BCUT2D eigenvalue weighted by Gasteiger charge is 2.36. The molecule has 0 saturated heterocycles. The molecule has 4 aromatic rings. The van der Waals surface area contributed by atoms with E-state index in [4.69, 9.17) is 8.53 Å². The highest BCUT2D eigenvalue weighted by molar-refractivity contribution is 6.02. The predicted molar refractivity (Wildman–Crippen MR) is 73.0 cm³/mol. The number of aryl methyl sites for hydroxylation is 1. The van der Waals surface area contributed by atoms with Crippen molar-refractivity contribution in [3.63, 3.8) is 0 Å². The van der Waals surface area contributed by atoms with E-state index in [2.05, 4.69) is 9.97 Å². The van der Waals surface area contributed by atoms with Gasteiger partial charge in [-0.1, -0.05) is 0 Å². The van der Waals surface area contributed by atoms with E-state index >= 15 is 0 Å². The Labute approximate surface area is 118 Å². The third kappa shape index (κ3) is 1.02. The van der Waals surface area contributed by atoms with Crippen LogP contribution in [0.1, 0.15) is 9.68 Å². The molecule has 0 N–H and O–H groups in total. The standard InChI is InChI=1S/C15H11N4O/c1-18-12-7-17-5-3-10(12)13-15(18)20-14-11-6-16-4-2-9(11)8-19(13)14/h2-7H,8H2,1H3/q+1/i1D3. The average molecular weight is 266 g/mol. The lowest BCUT2D eigenvalue weighted by molar-refractivity contribution is -0.648. The van der Waals surface area contributed by atoms with Crippen LogP contribution in [-0.4, -0.2) is 14.5 Å². The molecule has 0 bridgehead atoms. The second kappa shape index (κ2) is 3.25. The van der Waals surface area contributed by atoms with Gasteiger partial charge in [-0.3, -0.25) is 9.97 Å². The summed E-state index contributed by atoms with van der Waals surface area (Å²) >= 11 is 0. The molecule has 1 aliphatic heterocycles. The van der Waals surface area contributed by atoms with Gasteiger partial charge in [-0.25, -0.2) is 0 Å². The molecule has 0 atom stereocenters. The lowest BCUT2D eigenvalue weighted by atomic mass is 10.2. The van der Waals surface area contributed by atoms with E-state index in [1.54, 1.807) is 24.8 Å². The summed E-state index contributed by atoms with van der Waals surface area (Å²) in [6.45, 7) is -1.70. The van der Waals surface area contributed by atoms with Crippen LogP contribution in [0, 0.1) is 0 Å². The van der Waals surface area contributed by atoms with Gasteiger partial charge in [0.1, 0.15) is 5.56 Å². The maximum absolute atomic E-state index is 7.84. The van der Waals surface area contributed by atoms with E-state index in [1.165, 1.54) is 4.57 Å². The normalized spacial score (nSPS) is 15.9. The Morgan fingerprint density at radius 3 is 3.15 bits per heavy atom. The number of nitrogens with zero attached hydrogens (tertiary/aromatic N) is 4. The topological polar surface area (TPSA) is 47.7 Å². The summed E-state index contributed by atoms with van der Waals surface area (Å²) in [5.74, 6) is 0.648. The molecular formula is C15H11N4O+. The zero-order valence-electron chi connectivity index (χ0n) is 13.4. The van der Waals surface area contributed by atoms with Crippen molar-refractivity contribution >= 4 is 22.1 Å². The number of rotatable bonds is 0. The van der Waals surface area contributed by atoms with Gasteiger partial charge in [0.15, 0.2) is 6.54 Å². The minimum Gasteiger partial charge on any atom is -0.380 e. The number of hydrogen-bond donors (Lipinski definition) is 0. The Bertz CT molecular complexity index is 1090. The fourth-order valence-electron chi connectivity index (χ4n) is 2.97. The van der Waals surface area contributed by atoms with Gasteiger partial charge in [-0.15, -0.1) is 4.57 Å². The van der Waals surface area contributed by atoms with Crippen LogP contribution in [0.4, 0.5) is 0 Å². The molecule has 5 rings (SSSR count). The second-order valence-electron chi connectivity index (χ2n) is 4.91. The van der Waals surface area contributed by atoms with Crippen LogP contribution in [0.25, 0.3) is 33.6 Å². The molecule has 1 aliphatic rings. The molecule has 0 spiro atoms. The Balaban J connectivity index is 1.96. The number of pyridine rings is 2. The lowest BCUT2D eigenvalue weighted by Gasteiger charge is -1.93. The minimum atomic E-state index is -2.34. The first-order valence-corrected chi connectivity index (χ1v) is 6.30. The maximum Gasteiger partial charge on any atom is 0.385 e. The van der Waals surface area contributed by atoms with Gasteiger partial charge >= 0.3 is 5.89 Å². The molecule has 20 heavy (non-hydrogen) atoms. The van der Waals surface area contributed by atoms with E-state index in [9.17, 15) is 0 Å². The van der Waals surface area contributed by atoms with Crippen molar-refractivity contribution in [2.45, 2.75) is 6.54 Å². The van der Waals surface area contributed by atoms with E-state index < -0.39 is 6.98 Å². The third-order valence-electron chi connectivity index (χ3n) is 3.88. The fraction of sp³-hybridized carbons (Fsp3) is 0.133. The van der Waals surface area contributed by atoms with E-state index in [0.29, 0.717) is 23.7 Å². The summed E-state index contributed by atoms with van der Waals surface area (Å²) < 4.78 is 32.7. The number of fused-ring (bicyclic) bond motifs is 7. The first-order valence-electron chi connectivity index (χ1n) is 7.80. The van der Waals surface area contributed by atoms with Gasteiger partial charge in [0.2, 0.25) is 0 Å². The molecule has 0 saturated carbocycles. The van der Waals surface area contributed by atoms with Crippen LogP contribution in [0.3, 0.4) is 0 Å². The van der Waals surface area contributed by atoms with Crippen LogP contribution in [-0.2, 0) is 13.5 Å². The Morgan fingerprint density at radius 1 is 1.30 bits per heavy atom. The van der Waals surface area contributed by atoms with E-state index in [-0.39, 0.29) is 0 Å². The first-order chi connectivity index (χ1) is 11.1. The van der Waals surface area contributed by atoms with Crippen LogP contribution < -0.4 is 4.57 Å². The minimum absolute atomic E-state index is 0.345. The molecule has 0 aromatic carbocycles. The number of hydrogen-bond acceptors (Lipinski definition) is 3. The van der Waals surface area contributed by atoms with E-state index in [0.717, 1.165) is 22.0 Å². The molecule has 96 valence electrons. The molecule has 5 nitrogen and oxygen atoms in total. The van der Waals surface area contributed by atoms with Crippen molar-refractivity contribution in [2.24, 2.45) is 6.98 Å². The second-order valence-corrected chi connectivity index (χ2v) is 4.91. The summed E-state index contributed by atoms with van der Waals surface area (Å²) in [7, 11) is 0. The maximum atomic E-state index is 7.84. The van der Waals surface area contributed by atoms with Crippen molar-refractivity contribution in [1.29, 1.82) is 0 Å². The monoisotopic (exact) mass is 266 g/mol. The van der Waals surface area contributed by atoms with Gasteiger partial charge in [-0.05, 0) is 12.1 Å². The average Bonchev–Trinajstić information content (AvgIpc) is 3.12. The van der Waals surface area contributed by atoms with Crippen molar-refractivity contribution in [1.82, 2.24) is 14.5 Å². The zero-order valence-corrected chi connectivity index (χ0v) is 10.4. The summed E-state index contributed by atoms with van der Waals surface area (Å²) in [6.07, 6.45) is 6.72. The molecule has 4 aromatic heterocycles. The van der Waals surface area contributed by atoms with E-state index in [1.807, 2.05) is 16.7 Å². The van der Waals surface area contributed by atoms with Gasteiger partial charge in [-0.2, -0.15) is 0 Å². The van der Waals surface area contributed by atoms with Crippen LogP contribution in [0.15, 0.2) is 41.3 Å². The van der Waals surface area contributed by atoms with Crippen molar-refractivity contribution in [2.75, 3.05) is 0 Å². The van der Waals surface area contributed by atoms with Crippen molar-refractivity contribution in [3.8, 4) is 11.5 Å². The zero-order chi connectivity index (χ0) is 15.8. The highest BCUT2D eigenvalue weighted by Crippen LogP contribution is 2.34. The summed E-state index contributed by atoms with van der Waals surface area (Å²) in [4.78, 5) is 8.21. The van der Waals surface area contributed by atoms with Gasteiger partial charge in [0, 0.05) is 35.2 Å². The molecule has 0 amide bonds. The Kier molecular flexibility index (Phi) is 1.27. The summed E-state index contributed by atoms with van der Waals surface area (Å²) in [5.41, 5.74) is 3.69. The summed E-state index contributed by atoms with van der Waals surface area (Å²) in [6, 6.07) is 3.78. The Morgan fingerprint density at radius 2 is 2.20 bits per heavy atom. The summed E-state index contributed by atoms with van der Waals surface area (Å²) in [5, 5.41) is 0.821. The van der Waals surface area contributed by atoms with Gasteiger partial charge < -0.3 is 8.98 Å².